The predicted molar refractivity (Wildman–Crippen MR) is 94.1 cm³/mol. The molecule has 0 saturated heterocycles. The van der Waals surface area contributed by atoms with E-state index in [2.05, 4.69) is 10.2 Å². The van der Waals surface area contributed by atoms with E-state index in [1.54, 1.807) is 21.8 Å². The summed E-state index contributed by atoms with van der Waals surface area (Å²) in [5, 5.41) is 8.36. The molecule has 0 aliphatic heterocycles. The van der Waals surface area contributed by atoms with Gasteiger partial charge in [-0.05, 0) is 60.7 Å². The van der Waals surface area contributed by atoms with Crippen LogP contribution in [0.25, 0.3) is 11.4 Å². The maximum absolute atomic E-state index is 5.49. The fourth-order valence-electron chi connectivity index (χ4n) is 2.33. The van der Waals surface area contributed by atoms with Gasteiger partial charge in [0.05, 0.1) is 11.4 Å². The molecule has 0 fully saturated rings. The standard InChI is InChI=1S/C18H14BN4O2/c1-11-20-22(13-1)15-3-7-17(8-4-15)24-19-25-18-9-5-16(6-10-18)23-14-2-12-21-23/h1-14H. The first-order valence-electron chi connectivity index (χ1n) is 7.74. The molecule has 2 aromatic heterocycles. The van der Waals surface area contributed by atoms with Gasteiger partial charge in [-0.3, -0.25) is 0 Å². The average molecular weight is 329 g/mol. The van der Waals surface area contributed by atoms with E-state index in [9.17, 15) is 0 Å². The molecular weight excluding hydrogens is 315 g/mol. The first-order chi connectivity index (χ1) is 12.4. The van der Waals surface area contributed by atoms with Crippen molar-refractivity contribution in [2.75, 3.05) is 0 Å². The lowest BCUT2D eigenvalue weighted by atomic mass is 10.2. The Hall–Kier alpha value is -3.48. The molecule has 0 atom stereocenters. The Balaban J connectivity index is 1.31. The Morgan fingerprint density at radius 1 is 0.640 bits per heavy atom. The second-order valence-electron chi connectivity index (χ2n) is 5.22. The summed E-state index contributed by atoms with van der Waals surface area (Å²) in [6, 6.07) is 18.9. The fourth-order valence-corrected chi connectivity index (χ4v) is 2.33. The first-order valence-corrected chi connectivity index (χ1v) is 7.74. The molecule has 2 aromatic carbocycles. The minimum Gasteiger partial charge on any atom is -0.526 e. The van der Waals surface area contributed by atoms with Gasteiger partial charge in [0.15, 0.2) is 0 Å². The summed E-state index contributed by atoms with van der Waals surface area (Å²) in [6.07, 6.45) is 7.25. The molecule has 0 aliphatic carbocycles. The van der Waals surface area contributed by atoms with Crippen LogP contribution in [-0.2, 0) is 0 Å². The summed E-state index contributed by atoms with van der Waals surface area (Å²) < 4.78 is 14.5. The van der Waals surface area contributed by atoms with E-state index >= 15 is 0 Å². The highest BCUT2D eigenvalue weighted by molar-refractivity contribution is 6.20. The van der Waals surface area contributed by atoms with Crippen LogP contribution >= 0.6 is 0 Å². The average Bonchev–Trinajstić information content (AvgIpc) is 3.37. The molecule has 121 valence electrons. The minimum atomic E-state index is 0.684. The van der Waals surface area contributed by atoms with Gasteiger partial charge < -0.3 is 9.31 Å². The number of nitrogens with zero attached hydrogens (tertiary/aromatic N) is 4. The van der Waals surface area contributed by atoms with Gasteiger partial charge in [-0.15, -0.1) is 0 Å². The number of benzene rings is 2. The van der Waals surface area contributed by atoms with Gasteiger partial charge in [0.2, 0.25) is 0 Å². The van der Waals surface area contributed by atoms with E-state index in [1.807, 2.05) is 73.1 Å². The Bertz CT molecular complexity index is 827. The highest BCUT2D eigenvalue weighted by Gasteiger charge is 2.03. The summed E-state index contributed by atoms with van der Waals surface area (Å²) in [7, 11) is 1.31. The molecule has 0 N–H and O–H groups in total. The summed E-state index contributed by atoms with van der Waals surface area (Å²) in [6.45, 7) is 0. The van der Waals surface area contributed by atoms with Gasteiger partial charge in [-0.25, -0.2) is 9.36 Å². The quantitative estimate of drug-likeness (QED) is 0.510. The SMILES string of the molecule is [B](Oc1ccc(-n2cccn2)cc1)Oc1ccc(-n2cccn2)cc1. The van der Waals surface area contributed by atoms with Crippen molar-refractivity contribution in [1.29, 1.82) is 0 Å². The maximum Gasteiger partial charge on any atom is 0.658 e. The van der Waals surface area contributed by atoms with Crippen molar-refractivity contribution in [2.24, 2.45) is 0 Å². The van der Waals surface area contributed by atoms with Crippen molar-refractivity contribution < 1.29 is 9.31 Å². The Morgan fingerprint density at radius 3 is 1.44 bits per heavy atom. The van der Waals surface area contributed by atoms with E-state index in [-0.39, 0.29) is 0 Å². The molecule has 2 heterocycles. The zero-order valence-electron chi connectivity index (χ0n) is 13.3. The second-order valence-corrected chi connectivity index (χ2v) is 5.22. The molecular formula is C18H14BN4O2. The van der Waals surface area contributed by atoms with Crippen LogP contribution in [0.15, 0.2) is 85.5 Å². The van der Waals surface area contributed by atoms with Crippen molar-refractivity contribution in [3.05, 3.63) is 85.5 Å². The number of hydrogen-bond donors (Lipinski definition) is 0. The van der Waals surface area contributed by atoms with E-state index in [0.29, 0.717) is 11.5 Å². The largest absolute Gasteiger partial charge is 0.658 e. The van der Waals surface area contributed by atoms with Gasteiger partial charge in [0, 0.05) is 24.8 Å². The van der Waals surface area contributed by atoms with E-state index in [0.717, 1.165) is 11.4 Å². The molecule has 4 aromatic rings. The number of rotatable bonds is 6. The lowest BCUT2D eigenvalue weighted by Gasteiger charge is -2.08. The summed E-state index contributed by atoms with van der Waals surface area (Å²) >= 11 is 0. The molecule has 0 saturated carbocycles. The highest BCUT2D eigenvalue weighted by atomic mass is 16.6. The monoisotopic (exact) mass is 329 g/mol. The molecule has 4 rings (SSSR count). The normalized spacial score (nSPS) is 10.4. The third-order valence-corrected chi connectivity index (χ3v) is 3.58. The van der Waals surface area contributed by atoms with Crippen LogP contribution < -0.4 is 9.31 Å². The topological polar surface area (TPSA) is 54.1 Å². The van der Waals surface area contributed by atoms with Gasteiger partial charge in [0.1, 0.15) is 11.5 Å². The Labute approximate surface area is 145 Å². The zero-order chi connectivity index (χ0) is 16.9. The van der Waals surface area contributed by atoms with Crippen molar-refractivity contribution in [3.63, 3.8) is 0 Å². The van der Waals surface area contributed by atoms with Crippen molar-refractivity contribution in [1.82, 2.24) is 19.6 Å². The maximum atomic E-state index is 5.49. The molecule has 1 radical (unpaired) electrons. The van der Waals surface area contributed by atoms with Crippen LogP contribution in [0.4, 0.5) is 0 Å². The minimum absolute atomic E-state index is 0.684. The van der Waals surface area contributed by atoms with Crippen molar-refractivity contribution in [3.8, 4) is 22.9 Å². The highest BCUT2D eigenvalue weighted by Crippen LogP contribution is 2.16. The van der Waals surface area contributed by atoms with E-state index < -0.39 is 0 Å². The summed E-state index contributed by atoms with van der Waals surface area (Å²) in [5.41, 5.74) is 1.93. The molecule has 7 heteroatoms. The van der Waals surface area contributed by atoms with Gasteiger partial charge >= 0.3 is 7.69 Å². The Kier molecular flexibility index (Phi) is 4.20. The van der Waals surface area contributed by atoms with Crippen LogP contribution in [0.3, 0.4) is 0 Å². The molecule has 0 aliphatic rings. The van der Waals surface area contributed by atoms with Crippen LogP contribution in [0.2, 0.25) is 0 Å². The summed E-state index contributed by atoms with van der Waals surface area (Å²) in [4.78, 5) is 0. The molecule has 0 spiro atoms. The van der Waals surface area contributed by atoms with E-state index in [4.69, 9.17) is 9.31 Å². The molecule has 0 unspecified atom stereocenters. The lowest BCUT2D eigenvalue weighted by Crippen LogP contribution is -2.11. The third kappa shape index (κ3) is 3.55. The molecule has 0 amide bonds. The van der Waals surface area contributed by atoms with Crippen LogP contribution in [-0.4, -0.2) is 27.2 Å². The van der Waals surface area contributed by atoms with Gasteiger partial charge in [0.25, 0.3) is 0 Å². The van der Waals surface area contributed by atoms with Crippen molar-refractivity contribution >= 4 is 7.69 Å². The number of hydrogen-bond acceptors (Lipinski definition) is 4. The molecule has 0 bridgehead atoms. The zero-order valence-corrected chi connectivity index (χ0v) is 13.3. The number of aromatic nitrogens is 4. The fraction of sp³-hybridized carbons (Fsp3) is 0. The second kappa shape index (κ2) is 6.96. The predicted octanol–water partition coefficient (Wildman–Crippen LogP) is 3.05. The molecule has 6 nitrogen and oxygen atoms in total. The summed E-state index contributed by atoms with van der Waals surface area (Å²) in [5.74, 6) is 1.37. The van der Waals surface area contributed by atoms with Crippen molar-refractivity contribution in [2.45, 2.75) is 0 Å². The van der Waals surface area contributed by atoms with Crippen LogP contribution in [0, 0.1) is 0 Å². The third-order valence-electron chi connectivity index (χ3n) is 3.58. The van der Waals surface area contributed by atoms with Crippen LogP contribution in [0.1, 0.15) is 0 Å². The van der Waals surface area contributed by atoms with Crippen LogP contribution in [0.5, 0.6) is 11.5 Å². The Morgan fingerprint density at radius 2 is 1.08 bits per heavy atom. The van der Waals surface area contributed by atoms with Gasteiger partial charge in [-0.1, -0.05) is 0 Å². The smallest absolute Gasteiger partial charge is 0.526 e. The first kappa shape index (κ1) is 15.1. The van der Waals surface area contributed by atoms with Gasteiger partial charge in [-0.2, -0.15) is 10.2 Å². The molecule has 25 heavy (non-hydrogen) atoms. The lowest BCUT2D eigenvalue weighted by molar-refractivity contribution is 0.459. The van der Waals surface area contributed by atoms with E-state index in [1.165, 1.54) is 7.69 Å².